The molecule has 3 aromatic rings. The molecule has 3 saturated heterocycles. The topological polar surface area (TPSA) is 102 Å². The van der Waals surface area contributed by atoms with E-state index in [9.17, 15) is 0 Å². The number of hydrogen-bond acceptors (Lipinski definition) is 11. The van der Waals surface area contributed by atoms with Gasteiger partial charge in [0.2, 0.25) is 0 Å². The molecule has 0 aromatic heterocycles. The molecule has 10 atom stereocenters. The minimum atomic E-state index is -1.14. The smallest absolute Gasteiger partial charge is 0.188 e. The first kappa shape index (κ1) is 40.4. The van der Waals surface area contributed by atoms with Gasteiger partial charge in [-0.05, 0) is 30.5 Å². The first-order chi connectivity index (χ1) is 26.3. The highest BCUT2D eigenvalue weighted by molar-refractivity contribution is 5.17. The van der Waals surface area contributed by atoms with E-state index < -0.39 is 66.7 Å². The number of fused-ring (bicyclic) bond motifs is 1. The van der Waals surface area contributed by atoms with Gasteiger partial charge in [0.15, 0.2) is 18.4 Å². The Kier molecular flexibility index (Phi) is 14.2. The molecule has 11 nitrogen and oxygen atoms in total. The molecule has 0 spiro atoms. The SMILES string of the molecule is C=CCO[C@@H]1[C@@H](OC)[C@H](O[C@H]2[C@H](OCc3ccccc3)[C@@H](OCc3ccccc3)[C@@H](OC)O[C@@H]2COCc2ccccc2)O[C@]2(C=C)COC(C)(C)O[C@@H]12. The zero-order chi connectivity index (χ0) is 38.0. The first-order valence-electron chi connectivity index (χ1n) is 18.4. The van der Waals surface area contributed by atoms with Crippen LogP contribution < -0.4 is 0 Å². The highest BCUT2D eigenvalue weighted by Crippen LogP contribution is 2.43. The molecule has 3 heterocycles. The van der Waals surface area contributed by atoms with Crippen LogP contribution in [0.1, 0.15) is 30.5 Å². The summed E-state index contributed by atoms with van der Waals surface area (Å²) in [6.45, 7) is 13.2. The van der Waals surface area contributed by atoms with Crippen LogP contribution in [0.5, 0.6) is 0 Å². The number of methoxy groups -OCH3 is 2. The zero-order valence-corrected chi connectivity index (χ0v) is 31.7. The Morgan fingerprint density at radius 1 is 0.667 bits per heavy atom. The van der Waals surface area contributed by atoms with Gasteiger partial charge in [-0.1, -0.05) is 103 Å². The van der Waals surface area contributed by atoms with Crippen molar-refractivity contribution in [2.24, 2.45) is 0 Å². The molecule has 0 saturated carbocycles. The Hall–Kier alpha value is -3.30. The van der Waals surface area contributed by atoms with Crippen LogP contribution in [0.15, 0.2) is 116 Å². The summed E-state index contributed by atoms with van der Waals surface area (Å²) >= 11 is 0. The fourth-order valence-corrected chi connectivity index (χ4v) is 7.09. The van der Waals surface area contributed by atoms with Crippen molar-refractivity contribution in [3.63, 3.8) is 0 Å². The third kappa shape index (κ3) is 9.73. The lowest BCUT2D eigenvalue weighted by Gasteiger charge is -2.56. The second-order valence-electron chi connectivity index (χ2n) is 14.1. The highest BCUT2D eigenvalue weighted by atomic mass is 16.8. The fraction of sp³-hybridized carbons (Fsp3) is 0.488. The second kappa shape index (κ2) is 19.0. The lowest BCUT2D eigenvalue weighted by Crippen LogP contribution is -2.72. The van der Waals surface area contributed by atoms with Crippen molar-refractivity contribution < 1.29 is 52.1 Å². The summed E-state index contributed by atoms with van der Waals surface area (Å²) < 4.78 is 71.5. The van der Waals surface area contributed by atoms with Crippen LogP contribution in [0, 0.1) is 0 Å². The van der Waals surface area contributed by atoms with Gasteiger partial charge in [0, 0.05) is 14.2 Å². The van der Waals surface area contributed by atoms with Crippen LogP contribution in [-0.4, -0.2) is 101 Å². The van der Waals surface area contributed by atoms with Gasteiger partial charge in [-0.2, -0.15) is 0 Å². The maximum atomic E-state index is 7.09. The molecule has 3 fully saturated rings. The molecule has 3 aromatic carbocycles. The number of rotatable bonds is 18. The molecule has 3 aliphatic heterocycles. The molecular weight excluding hydrogens is 692 g/mol. The molecule has 0 unspecified atom stereocenters. The minimum absolute atomic E-state index is 0.145. The summed E-state index contributed by atoms with van der Waals surface area (Å²) in [7, 11) is 3.18. The normalized spacial score (nSPS) is 32.0. The van der Waals surface area contributed by atoms with Crippen molar-refractivity contribution in [2.75, 3.05) is 34.0 Å². The third-order valence-electron chi connectivity index (χ3n) is 9.87. The Morgan fingerprint density at radius 2 is 1.26 bits per heavy atom. The van der Waals surface area contributed by atoms with Crippen molar-refractivity contribution in [1.82, 2.24) is 0 Å². The minimum Gasteiger partial charge on any atom is -0.374 e. The van der Waals surface area contributed by atoms with Crippen molar-refractivity contribution >= 4 is 0 Å². The van der Waals surface area contributed by atoms with Crippen LogP contribution >= 0.6 is 0 Å². The molecule has 0 amide bonds. The van der Waals surface area contributed by atoms with E-state index in [0.717, 1.165) is 16.7 Å². The van der Waals surface area contributed by atoms with E-state index >= 15 is 0 Å². The van der Waals surface area contributed by atoms with Gasteiger partial charge in [0.1, 0.15) is 48.3 Å². The second-order valence-corrected chi connectivity index (χ2v) is 14.1. The first-order valence-corrected chi connectivity index (χ1v) is 18.4. The van der Waals surface area contributed by atoms with Crippen LogP contribution in [0.4, 0.5) is 0 Å². The number of ether oxygens (including phenoxy) is 11. The Morgan fingerprint density at radius 3 is 1.81 bits per heavy atom. The summed E-state index contributed by atoms with van der Waals surface area (Å²) in [6.07, 6.45) is -3.52. The molecule has 292 valence electrons. The summed E-state index contributed by atoms with van der Waals surface area (Å²) in [5.74, 6) is -0.907. The molecule has 11 heteroatoms. The predicted octanol–water partition coefficient (Wildman–Crippen LogP) is 6.15. The van der Waals surface area contributed by atoms with Crippen molar-refractivity contribution in [2.45, 2.75) is 100 Å². The van der Waals surface area contributed by atoms with E-state index in [2.05, 4.69) is 13.2 Å². The zero-order valence-electron chi connectivity index (χ0n) is 31.7. The average Bonchev–Trinajstić information content (AvgIpc) is 3.20. The molecule has 0 aliphatic carbocycles. The Balaban J connectivity index is 1.36. The van der Waals surface area contributed by atoms with Crippen molar-refractivity contribution in [3.05, 3.63) is 133 Å². The van der Waals surface area contributed by atoms with E-state index in [1.165, 1.54) is 0 Å². The average molecular weight is 747 g/mol. The fourth-order valence-electron chi connectivity index (χ4n) is 7.09. The third-order valence-corrected chi connectivity index (χ3v) is 9.87. The summed E-state index contributed by atoms with van der Waals surface area (Å²) in [5.41, 5.74) is 1.83. The lowest BCUT2D eigenvalue weighted by molar-refractivity contribution is -0.422. The van der Waals surface area contributed by atoms with Gasteiger partial charge >= 0.3 is 0 Å². The van der Waals surface area contributed by atoms with E-state index in [-0.39, 0.29) is 33.0 Å². The van der Waals surface area contributed by atoms with Crippen molar-refractivity contribution in [3.8, 4) is 0 Å². The van der Waals surface area contributed by atoms with E-state index in [0.29, 0.717) is 6.61 Å². The van der Waals surface area contributed by atoms with Gasteiger partial charge in [-0.15, -0.1) is 13.2 Å². The van der Waals surface area contributed by atoms with Gasteiger partial charge in [-0.3, -0.25) is 0 Å². The largest absolute Gasteiger partial charge is 0.374 e. The number of hydrogen-bond donors (Lipinski definition) is 0. The van der Waals surface area contributed by atoms with E-state index in [1.807, 2.05) is 105 Å². The Bertz CT molecular complexity index is 1570. The maximum absolute atomic E-state index is 7.09. The molecule has 54 heavy (non-hydrogen) atoms. The monoisotopic (exact) mass is 746 g/mol. The van der Waals surface area contributed by atoms with Gasteiger partial charge < -0.3 is 52.1 Å². The van der Waals surface area contributed by atoms with Crippen LogP contribution in [0.3, 0.4) is 0 Å². The lowest BCUT2D eigenvalue weighted by atomic mass is 9.85. The summed E-state index contributed by atoms with van der Waals surface area (Å²) in [6, 6.07) is 29.8. The summed E-state index contributed by atoms with van der Waals surface area (Å²) in [4.78, 5) is 0. The quantitative estimate of drug-likeness (QED) is 0.140. The molecule has 6 rings (SSSR count). The summed E-state index contributed by atoms with van der Waals surface area (Å²) in [5, 5.41) is 0. The molecule has 0 bridgehead atoms. The van der Waals surface area contributed by atoms with Gasteiger partial charge in [0.05, 0.1) is 39.6 Å². The molecular formula is C43H54O11. The van der Waals surface area contributed by atoms with E-state index in [4.69, 9.17) is 52.1 Å². The predicted molar refractivity (Wildman–Crippen MR) is 200 cm³/mol. The molecule has 3 aliphatic rings. The standard InChI is InChI=1S/C43H54O11/c1-7-24-47-36-37(44-5)41(54-43(8-2)29-50-42(3,4)53-39(36)43)52-34-33(28-46-25-30-18-12-9-13-19-30)51-40(45-6)38(49-27-32-22-16-11-17-23-32)35(34)48-26-31-20-14-10-15-21-31/h7-23,33-41H,1-2,24-29H2,3-6H3/t33-,34-,35+,36-,37-,38-,39+,40+,41-,43-/m1/s1. The molecule has 0 N–H and O–H groups in total. The highest BCUT2D eigenvalue weighted by Gasteiger charge is 2.61. The van der Waals surface area contributed by atoms with Crippen LogP contribution in [0.25, 0.3) is 0 Å². The van der Waals surface area contributed by atoms with E-state index in [1.54, 1.807) is 26.4 Å². The number of benzene rings is 3. The van der Waals surface area contributed by atoms with Crippen LogP contribution in [0.2, 0.25) is 0 Å². The maximum Gasteiger partial charge on any atom is 0.188 e. The van der Waals surface area contributed by atoms with Gasteiger partial charge in [-0.25, -0.2) is 0 Å². The van der Waals surface area contributed by atoms with Crippen LogP contribution in [-0.2, 0) is 71.9 Å². The Labute approximate surface area is 319 Å². The molecule has 0 radical (unpaired) electrons. The van der Waals surface area contributed by atoms with Crippen molar-refractivity contribution in [1.29, 1.82) is 0 Å². The van der Waals surface area contributed by atoms with Gasteiger partial charge in [0.25, 0.3) is 0 Å².